The molecular weight excluding hydrogens is 292 g/mol. The number of halogens is 2. The highest BCUT2D eigenvalue weighted by Crippen LogP contribution is 2.22. The van der Waals surface area contributed by atoms with Crippen LogP contribution in [-0.4, -0.2) is 35.0 Å². The van der Waals surface area contributed by atoms with Crippen molar-refractivity contribution >= 4 is 11.9 Å². The monoisotopic (exact) mass is 311 g/mol. The van der Waals surface area contributed by atoms with E-state index in [1.165, 1.54) is 6.07 Å². The van der Waals surface area contributed by atoms with Gasteiger partial charge in [-0.3, -0.25) is 9.59 Å². The molecule has 0 radical (unpaired) electrons. The summed E-state index contributed by atoms with van der Waals surface area (Å²) in [6.07, 6.45) is 2.46. The minimum Gasteiger partial charge on any atom is -0.481 e. The van der Waals surface area contributed by atoms with Crippen LogP contribution in [0.15, 0.2) is 18.2 Å². The van der Waals surface area contributed by atoms with E-state index in [9.17, 15) is 18.4 Å². The quantitative estimate of drug-likeness (QED) is 0.909. The van der Waals surface area contributed by atoms with Gasteiger partial charge < -0.3 is 10.0 Å². The zero-order chi connectivity index (χ0) is 16.1. The molecule has 0 unspecified atom stereocenters. The third-order valence-electron chi connectivity index (χ3n) is 3.98. The van der Waals surface area contributed by atoms with Gasteiger partial charge in [-0.05, 0) is 42.9 Å². The van der Waals surface area contributed by atoms with E-state index in [0.717, 1.165) is 25.0 Å². The van der Waals surface area contributed by atoms with Gasteiger partial charge in [0.05, 0.1) is 6.42 Å². The van der Waals surface area contributed by atoms with Crippen LogP contribution in [0.1, 0.15) is 31.2 Å². The van der Waals surface area contributed by atoms with E-state index in [4.69, 9.17) is 5.11 Å². The van der Waals surface area contributed by atoms with E-state index in [2.05, 4.69) is 0 Å². The first-order valence-corrected chi connectivity index (χ1v) is 7.39. The molecule has 4 nitrogen and oxygen atoms in total. The Hall–Kier alpha value is -1.98. The molecule has 0 spiro atoms. The number of carboxylic acid groups (broad SMARTS) is 1. The lowest BCUT2D eigenvalue weighted by Crippen LogP contribution is -2.40. The molecule has 2 rings (SSSR count). The zero-order valence-electron chi connectivity index (χ0n) is 12.2. The van der Waals surface area contributed by atoms with E-state index < -0.39 is 17.6 Å². The number of benzene rings is 1. The maximum Gasteiger partial charge on any atom is 0.303 e. The van der Waals surface area contributed by atoms with Crippen molar-refractivity contribution in [2.75, 3.05) is 13.1 Å². The van der Waals surface area contributed by atoms with Crippen LogP contribution in [0.4, 0.5) is 8.78 Å². The van der Waals surface area contributed by atoms with Crippen LogP contribution < -0.4 is 0 Å². The van der Waals surface area contributed by atoms with E-state index in [-0.39, 0.29) is 24.7 Å². The molecule has 1 heterocycles. The van der Waals surface area contributed by atoms with Crippen molar-refractivity contribution in [3.63, 3.8) is 0 Å². The molecule has 0 aliphatic carbocycles. The Labute approximate surface area is 127 Å². The molecule has 0 bridgehead atoms. The summed E-state index contributed by atoms with van der Waals surface area (Å²) in [5.74, 6) is -2.65. The molecule has 1 aliphatic rings. The lowest BCUT2D eigenvalue weighted by atomic mass is 9.93. The molecule has 22 heavy (non-hydrogen) atoms. The van der Waals surface area contributed by atoms with Gasteiger partial charge in [0.2, 0.25) is 5.91 Å². The Balaban J connectivity index is 1.91. The lowest BCUT2D eigenvalue weighted by Gasteiger charge is -2.32. The molecule has 1 aromatic carbocycles. The van der Waals surface area contributed by atoms with Crippen molar-refractivity contribution in [1.29, 1.82) is 0 Å². The van der Waals surface area contributed by atoms with E-state index >= 15 is 0 Å². The molecular formula is C16H19F2NO3. The van der Waals surface area contributed by atoms with Crippen LogP contribution in [0.3, 0.4) is 0 Å². The van der Waals surface area contributed by atoms with Crippen LogP contribution in [0.2, 0.25) is 0 Å². The second kappa shape index (κ2) is 7.33. The van der Waals surface area contributed by atoms with Crippen molar-refractivity contribution in [2.24, 2.45) is 5.92 Å². The third kappa shape index (κ3) is 4.51. The molecule has 1 saturated heterocycles. The molecule has 1 fully saturated rings. The maximum absolute atomic E-state index is 13.2. The number of hydrogen-bond acceptors (Lipinski definition) is 2. The van der Waals surface area contributed by atoms with Crippen molar-refractivity contribution in [2.45, 2.75) is 32.1 Å². The number of carbonyl (C=O) groups is 2. The standard InChI is InChI=1S/C16H19F2NO3/c17-13-5-3-12(8-14(13)18)9-15(20)19-7-1-2-11(10-19)4-6-16(21)22/h3,5,8,11H,1-2,4,6-7,9-10H2,(H,21,22)/t11-/m0/s1. The smallest absolute Gasteiger partial charge is 0.303 e. The van der Waals surface area contributed by atoms with Crippen LogP contribution in [0, 0.1) is 17.6 Å². The van der Waals surface area contributed by atoms with Gasteiger partial charge in [0, 0.05) is 19.5 Å². The Morgan fingerprint density at radius 1 is 1.27 bits per heavy atom. The van der Waals surface area contributed by atoms with Crippen molar-refractivity contribution in [3.05, 3.63) is 35.4 Å². The van der Waals surface area contributed by atoms with Gasteiger partial charge in [-0.1, -0.05) is 6.07 Å². The second-order valence-electron chi connectivity index (χ2n) is 5.71. The Morgan fingerprint density at radius 3 is 2.73 bits per heavy atom. The molecule has 6 heteroatoms. The predicted octanol–water partition coefficient (Wildman–Crippen LogP) is 2.61. The number of rotatable bonds is 5. The van der Waals surface area contributed by atoms with Gasteiger partial charge in [-0.15, -0.1) is 0 Å². The summed E-state index contributed by atoms with van der Waals surface area (Å²) in [5, 5.41) is 8.72. The molecule has 0 saturated carbocycles. The number of aliphatic carboxylic acids is 1. The molecule has 1 amide bonds. The van der Waals surface area contributed by atoms with Crippen molar-refractivity contribution in [3.8, 4) is 0 Å². The second-order valence-corrected chi connectivity index (χ2v) is 5.71. The topological polar surface area (TPSA) is 57.6 Å². The summed E-state index contributed by atoms with van der Waals surface area (Å²) in [4.78, 5) is 24.5. The van der Waals surface area contributed by atoms with Crippen molar-refractivity contribution < 1.29 is 23.5 Å². The number of nitrogens with zero attached hydrogens (tertiary/aromatic N) is 1. The summed E-state index contributed by atoms with van der Waals surface area (Å²) >= 11 is 0. The van der Waals surface area contributed by atoms with Crippen LogP contribution in [-0.2, 0) is 16.0 Å². The van der Waals surface area contributed by atoms with Crippen LogP contribution >= 0.6 is 0 Å². The van der Waals surface area contributed by atoms with Gasteiger partial charge in [-0.2, -0.15) is 0 Å². The molecule has 1 aromatic rings. The number of amides is 1. The Kier molecular flexibility index (Phi) is 5.46. The summed E-state index contributed by atoms with van der Waals surface area (Å²) in [6.45, 7) is 1.17. The van der Waals surface area contributed by atoms with Gasteiger partial charge >= 0.3 is 5.97 Å². The summed E-state index contributed by atoms with van der Waals surface area (Å²) in [6, 6.07) is 3.46. The fourth-order valence-corrected chi connectivity index (χ4v) is 2.79. The number of piperidine rings is 1. The summed E-state index contributed by atoms with van der Waals surface area (Å²) in [5.41, 5.74) is 0.441. The van der Waals surface area contributed by atoms with Crippen molar-refractivity contribution in [1.82, 2.24) is 4.90 Å². The average Bonchev–Trinajstić information content (AvgIpc) is 2.49. The zero-order valence-corrected chi connectivity index (χ0v) is 12.2. The maximum atomic E-state index is 13.2. The van der Waals surface area contributed by atoms with E-state index in [0.29, 0.717) is 25.1 Å². The first-order valence-electron chi connectivity index (χ1n) is 7.39. The number of likely N-dealkylation sites (tertiary alicyclic amines) is 1. The summed E-state index contributed by atoms with van der Waals surface area (Å²) < 4.78 is 26.0. The first kappa shape index (κ1) is 16.4. The molecule has 1 N–H and O–H groups in total. The first-order chi connectivity index (χ1) is 10.5. The molecule has 0 aromatic heterocycles. The Morgan fingerprint density at radius 2 is 2.05 bits per heavy atom. The fraction of sp³-hybridized carbons (Fsp3) is 0.500. The largest absolute Gasteiger partial charge is 0.481 e. The normalized spacial score (nSPS) is 18.3. The van der Waals surface area contributed by atoms with Crippen LogP contribution in [0.25, 0.3) is 0 Å². The van der Waals surface area contributed by atoms with Gasteiger partial charge in [-0.25, -0.2) is 8.78 Å². The number of hydrogen-bond donors (Lipinski definition) is 1. The minimum absolute atomic E-state index is 0.0306. The highest BCUT2D eigenvalue weighted by atomic mass is 19.2. The highest BCUT2D eigenvalue weighted by Gasteiger charge is 2.24. The SMILES string of the molecule is O=C(O)CC[C@@H]1CCCN(C(=O)Cc2ccc(F)c(F)c2)C1. The Bertz CT molecular complexity index is 562. The minimum atomic E-state index is -0.955. The van der Waals surface area contributed by atoms with Gasteiger partial charge in [0.25, 0.3) is 0 Å². The fourth-order valence-electron chi connectivity index (χ4n) is 2.79. The predicted molar refractivity (Wildman–Crippen MR) is 76.2 cm³/mol. The molecule has 1 atom stereocenters. The molecule has 1 aliphatic heterocycles. The summed E-state index contributed by atoms with van der Waals surface area (Å²) in [7, 11) is 0. The van der Waals surface area contributed by atoms with Gasteiger partial charge in [0.1, 0.15) is 0 Å². The average molecular weight is 311 g/mol. The number of carbonyl (C=O) groups excluding carboxylic acids is 1. The lowest BCUT2D eigenvalue weighted by molar-refractivity contribution is -0.137. The number of carboxylic acids is 1. The third-order valence-corrected chi connectivity index (χ3v) is 3.98. The van der Waals surface area contributed by atoms with Crippen LogP contribution in [0.5, 0.6) is 0 Å². The van der Waals surface area contributed by atoms with Gasteiger partial charge in [0.15, 0.2) is 11.6 Å². The van der Waals surface area contributed by atoms with E-state index in [1.54, 1.807) is 4.90 Å². The van der Waals surface area contributed by atoms with E-state index in [1.807, 2.05) is 0 Å². The molecule has 120 valence electrons. The highest BCUT2D eigenvalue weighted by molar-refractivity contribution is 5.78.